The lowest BCUT2D eigenvalue weighted by atomic mass is 9.67. The van der Waals surface area contributed by atoms with Gasteiger partial charge >= 0.3 is 0 Å². The first-order valence-corrected chi connectivity index (χ1v) is 7.84. The van der Waals surface area contributed by atoms with Gasteiger partial charge in [-0.15, -0.1) is 0 Å². The Balaban J connectivity index is 1.89. The van der Waals surface area contributed by atoms with Crippen molar-refractivity contribution in [3.8, 4) is 0 Å². The molecular weight excluding hydrogens is 220 g/mol. The predicted octanol–water partition coefficient (Wildman–Crippen LogP) is 3.12. The fourth-order valence-electron chi connectivity index (χ4n) is 3.81. The van der Waals surface area contributed by atoms with E-state index in [0.29, 0.717) is 11.5 Å². The van der Waals surface area contributed by atoms with Gasteiger partial charge in [-0.05, 0) is 55.4 Å². The van der Waals surface area contributed by atoms with E-state index in [9.17, 15) is 0 Å². The Labute approximate surface area is 113 Å². The molecule has 2 heteroatoms. The number of nitrogens with zero attached hydrogens (tertiary/aromatic N) is 1. The first-order chi connectivity index (χ1) is 8.36. The highest BCUT2D eigenvalue weighted by Crippen LogP contribution is 2.40. The van der Waals surface area contributed by atoms with E-state index in [1.54, 1.807) is 0 Å². The van der Waals surface area contributed by atoms with E-state index in [1.165, 1.54) is 45.3 Å². The number of hydrogen-bond acceptors (Lipinski definition) is 2. The van der Waals surface area contributed by atoms with Gasteiger partial charge in [0, 0.05) is 19.1 Å². The molecule has 0 amide bonds. The van der Waals surface area contributed by atoms with Gasteiger partial charge in [0.05, 0.1) is 0 Å². The van der Waals surface area contributed by atoms with Crippen molar-refractivity contribution in [3.63, 3.8) is 0 Å². The quantitative estimate of drug-likeness (QED) is 0.818. The highest BCUT2D eigenvalue weighted by atomic mass is 15.1. The minimum atomic E-state index is 0.444. The summed E-state index contributed by atoms with van der Waals surface area (Å²) in [5, 5.41) is 0. The number of nitrogens with two attached hydrogens (primary N) is 1. The van der Waals surface area contributed by atoms with Crippen molar-refractivity contribution < 1.29 is 0 Å². The van der Waals surface area contributed by atoms with E-state index in [4.69, 9.17) is 5.73 Å². The lowest BCUT2D eigenvalue weighted by Gasteiger charge is -2.41. The first kappa shape index (κ1) is 14.3. The summed E-state index contributed by atoms with van der Waals surface area (Å²) in [6.07, 6.45) is 5.29. The van der Waals surface area contributed by atoms with Crippen molar-refractivity contribution >= 4 is 0 Å². The van der Waals surface area contributed by atoms with Crippen molar-refractivity contribution in [1.82, 2.24) is 4.90 Å². The maximum atomic E-state index is 6.37. The van der Waals surface area contributed by atoms with Gasteiger partial charge in [0.25, 0.3) is 0 Å². The third-order valence-electron chi connectivity index (χ3n) is 5.27. The second kappa shape index (κ2) is 5.50. The molecule has 0 radical (unpaired) electrons. The highest BCUT2D eigenvalue weighted by Gasteiger charge is 2.35. The molecule has 1 aliphatic carbocycles. The summed E-state index contributed by atoms with van der Waals surface area (Å²) < 4.78 is 0. The molecule has 2 fully saturated rings. The molecule has 18 heavy (non-hydrogen) atoms. The molecule has 0 aromatic carbocycles. The third kappa shape index (κ3) is 3.48. The van der Waals surface area contributed by atoms with Crippen LogP contribution in [-0.4, -0.2) is 30.6 Å². The SMILES string of the molecule is CC1CCN(CC2CC(C(C)(C)C)CCC2N)C1. The Bertz CT molecular complexity index is 269. The zero-order valence-electron chi connectivity index (χ0n) is 12.8. The summed E-state index contributed by atoms with van der Waals surface area (Å²) in [6.45, 7) is 13.4. The number of rotatable bonds is 2. The summed E-state index contributed by atoms with van der Waals surface area (Å²) in [5.74, 6) is 2.49. The molecule has 4 unspecified atom stereocenters. The Morgan fingerprint density at radius 2 is 1.89 bits per heavy atom. The molecule has 1 heterocycles. The molecule has 0 spiro atoms. The summed E-state index contributed by atoms with van der Waals surface area (Å²) in [5.41, 5.74) is 6.83. The Hall–Kier alpha value is -0.0800. The monoisotopic (exact) mass is 252 g/mol. The normalized spacial score (nSPS) is 39.2. The van der Waals surface area contributed by atoms with Gasteiger partial charge in [-0.1, -0.05) is 27.7 Å². The molecule has 1 saturated carbocycles. The van der Waals surface area contributed by atoms with Crippen molar-refractivity contribution in [1.29, 1.82) is 0 Å². The maximum Gasteiger partial charge on any atom is 0.00795 e. The summed E-state index contributed by atoms with van der Waals surface area (Å²) in [4.78, 5) is 2.65. The zero-order valence-corrected chi connectivity index (χ0v) is 12.8. The van der Waals surface area contributed by atoms with Crippen LogP contribution >= 0.6 is 0 Å². The van der Waals surface area contributed by atoms with Crippen LogP contribution in [-0.2, 0) is 0 Å². The molecule has 1 aliphatic heterocycles. The third-order valence-corrected chi connectivity index (χ3v) is 5.27. The standard InChI is InChI=1S/C16H32N2/c1-12-7-8-18(10-12)11-13-9-14(16(2,3)4)5-6-15(13)17/h12-15H,5-11,17H2,1-4H3. The molecule has 2 nitrogen and oxygen atoms in total. The predicted molar refractivity (Wildman–Crippen MR) is 78.5 cm³/mol. The van der Waals surface area contributed by atoms with Crippen LogP contribution in [0, 0.1) is 23.2 Å². The maximum absolute atomic E-state index is 6.37. The average molecular weight is 252 g/mol. The lowest BCUT2D eigenvalue weighted by Crippen LogP contribution is -2.44. The van der Waals surface area contributed by atoms with Gasteiger partial charge in [0.15, 0.2) is 0 Å². The van der Waals surface area contributed by atoms with Crippen LogP contribution in [0.5, 0.6) is 0 Å². The van der Waals surface area contributed by atoms with Crippen molar-refractivity contribution in [3.05, 3.63) is 0 Å². The minimum absolute atomic E-state index is 0.444. The molecule has 2 rings (SSSR count). The molecule has 0 bridgehead atoms. The van der Waals surface area contributed by atoms with Gasteiger partial charge < -0.3 is 10.6 Å². The Kier molecular flexibility index (Phi) is 4.38. The van der Waals surface area contributed by atoms with E-state index >= 15 is 0 Å². The Morgan fingerprint density at radius 3 is 2.44 bits per heavy atom. The van der Waals surface area contributed by atoms with E-state index in [2.05, 4.69) is 32.6 Å². The van der Waals surface area contributed by atoms with E-state index in [-0.39, 0.29) is 0 Å². The van der Waals surface area contributed by atoms with Crippen LogP contribution in [0.25, 0.3) is 0 Å². The van der Waals surface area contributed by atoms with Crippen LogP contribution < -0.4 is 5.73 Å². The molecule has 0 aromatic heterocycles. The molecule has 4 atom stereocenters. The van der Waals surface area contributed by atoms with E-state index in [1.807, 2.05) is 0 Å². The fourth-order valence-corrected chi connectivity index (χ4v) is 3.81. The van der Waals surface area contributed by atoms with Crippen LogP contribution in [0.15, 0.2) is 0 Å². The molecular formula is C16H32N2. The van der Waals surface area contributed by atoms with Crippen molar-refractivity contribution in [2.24, 2.45) is 28.9 Å². The summed E-state index contributed by atoms with van der Waals surface area (Å²) >= 11 is 0. The van der Waals surface area contributed by atoms with Crippen LogP contribution in [0.2, 0.25) is 0 Å². The van der Waals surface area contributed by atoms with Gasteiger partial charge in [-0.25, -0.2) is 0 Å². The van der Waals surface area contributed by atoms with Gasteiger partial charge in [0.2, 0.25) is 0 Å². The molecule has 106 valence electrons. The highest BCUT2D eigenvalue weighted by molar-refractivity contribution is 4.89. The lowest BCUT2D eigenvalue weighted by molar-refractivity contribution is 0.105. The van der Waals surface area contributed by atoms with Crippen LogP contribution in [0.3, 0.4) is 0 Å². The average Bonchev–Trinajstić information content (AvgIpc) is 2.66. The topological polar surface area (TPSA) is 29.3 Å². The second-order valence-electron chi connectivity index (χ2n) is 7.95. The minimum Gasteiger partial charge on any atom is -0.327 e. The smallest absolute Gasteiger partial charge is 0.00795 e. The van der Waals surface area contributed by atoms with Gasteiger partial charge in [-0.2, -0.15) is 0 Å². The fraction of sp³-hybridized carbons (Fsp3) is 1.00. The summed E-state index contributed by atoms with van der Waals surface area (Å²) in [6, 6.07) is 0.444. The summed E-state index contributed by atoms with van der Waals surface area (Å²) in [7, 11) is 0. The number of likely N-dealkylation sites (tertiary alicyclic amines) is 1. The molecule has 2 aliphatic rings. The largest absolute Gasteiger partial charge is 0.327 e. The van der Waals surface area contributed by atoms with Crippen molar-refractivity contribution in [2.45, 2.75) is 59.4 Å². The van der Waals surface area contributed by atoms with Gasteiger partial charge in [-0.3, -0.25) is 0 Å². The van der Waals surface area contributed by atoms with Gasteiger partial charge in [0.1, 0.15) is 0 Å². The second-order valence-corrected chi connectivity index (χ2v) is 7.95. The Morgan fingerprint density at radius 1 is 1.17 bits per heavy atom. The molecule has 0 aromatic rings. The van der Waals surface area contributed by atoms with E-state index < -0.39 is 0 Å². The van der Waals surface area contributed by atoms with Crippen LogP contribution in [0.1, 0.15) is 53.4 Å². The molecule has 1 saturated heterocycles. The van der Waals surface area contributed by atoms with E-state index in [0.717, 1.165) is 17.8 Å². The van der Waals surface area contributed by atoms with Crippen molar-refractivity contribution in [2.75, 3.05) is 19.6 Å². The number of hydrogen-bond donors (Lipinski definition) is 1. The first-order valence-electron chi connectivity index (χ1n) is 7.84. The zero-order chi connectivity index (χ0) is 13.3. The van der Waals surface area contributed by atoms with Crippen LogP contribution in [0.4, 0.5) is 0 Å². The molecule has 2 N–H and O–H groups in total.